The fraction of sp³-hybridized carbons (Fsp3) is 0.857. The second-order valence-electron chi connectivity index (χ2n) is 6.06. The molecule has 112 valence electrons. The molecule has 2 N–H and O–H groups in total. The zero-order valence-corrected chi connectivity index (χ0v) is 11.6. The van der Waals surface area contributed by atoms with Crippen molar-refractivity contribution < 1.29 is 19.4 Å². The van der Waals surface area contributed by atoms with E-state index < -0.39 is 5.97 Å². The molecule has 2 bridgehead atoms. The van der Waals surface area contributed by atoms with Crippen LogP contribution < -0.4 is 5.32 Å². The van der Waals surface area contributed by atoms with Crippen LogP contribution in [0.4, 0.5) is 4.79 Å². The minimum atomic E-state index is -0.773. The highest BCUT2D eigenvalue weighted by Crippen LogP contribution is 2.41. The van der Waals surface area contributed by atoms with E-state index >= 15 is 0 Å². The number of carbonyl (C=O) groups excluding carboxylic acids is 1. The molecule has 4 atom stereocenters. The van der Waals surface area contributed by atoms with Crippen LogP contribution in [0.1, 0.15) is 38.5 Å². The summed E-state index contributed by atoms with van der Waals surface area (Å²) in [6, 6.07) is -0.131. The average Bonchev–Trinajstić information content (AvgIpc) is 3.03. The number of ether oxygens (including phenoxy) is 1. The third-order valence-corrected chi connectivity index (χ3v) is 4.84. The Balaban J connectivity index is 1.54. The second-order valence-corrected chi connectivity index (χ2v) is 6.06. The van der Waals surface area contributed by atoms with Crippen LogP contribution in [-0.2, 0) is 9.53 Å². The fourth-order valence-corrected chi connectivity index (χ4v) is 3.83. The summed E-state index contributed by atoms with van der Waals surface area (Å²) in [7, 11) is 0. The fourth-order valence-electron chi connectivity index (χ4n) is 3.83. The molecule has 3 saturated heterocycles. The number of carboxylic acids is 1. The Morgan fingerprint density at radius 1 is 1.25 bits per heavy atom. The van der Waals surface area contributed by atoms with E-state index in [1.807, 2.05) is 0 Å². The molecule has 3 aliphatic rings. The third kappa shape index (κ3) is 2.49. The van der Waals surface area contributed by atoms with Crippen molar-refractivity contribution in [3.63, 3.8) is 0 Å². The van der Waals surface area contributed by atoms with Crippen LogP contribution in [0.5, 0.6) is 0 Å². The maximum absolute atomic E-state index is 12.3. The quantitative estimate of drug-likeness (QED) is 0.815. The first-order valence-corrected chi connectivity index (χ1v) is 7.57. The molecule has 3 aliphatic heterocycles. The van der Waals surface area contributed by atoms with Crippen LogP contribution in [0, 0.1) is 5.92 Å². The molecular formula is C14H22N2O4. The van der Waals surface area contributed by atoms with Gasteiger partial charge in [0.25, 0.3) is 0 Å². The summed E-state index contributed by atoms with van der Waals surface area (Å²) in [5, 5.41) is 12.1. The summed E-state index contributed by atoms with van der Waals surface area (Å²) in [4.78, 5) is 25.2. The molecule has 0 aromatic carbocycles. The van der Waals surface area contributed by atoms with Crippen molar-refractivity contribution in [2.75, 3.05) is 13.2 Å². The van der Waals surface area contributed by atoms with Crippen LogP contribution >= 0.6 is 0 Å². The Hall–Kier alpha value is -1.30. The van der Waals surface area contributed by atoms with Crippen molar-refractivity contribution in [3.8, 4) is 0 Å². The van der Waals surface area contributed by atoms with Crippen molar-refractivity contribution >= 4 is 12.0 Å². The van der Waals surface area contributed by atoms with E-state index in [4.69, 9.17) is 4.74 Å². The number of carbonyl (C=O) groups is 2. The molecule has 0 saturated carbocycles. The number of fused-ring (bicyclic) bond motifs is 2. The van der Waals surface area contributed by atoms with Crippen molar-refractivity contribution in [2.45, 2.75) is 56.7 Å². The lowest BCUT2D eigenvalue weighted by Gasteiger charge is -2.27. The Labute approximate surface area is 118 Å². The summed E-state index contributed by atoms with van der Waals surface area (Å²) in [5.41, 5.74) is 0. The molecule has 3 fully saturated rings. The SMILES string of the molecule is O=C(O)C1CC2CCC1N2C(=O)NCC1CCCCO1. The van der Waals surface area contributed by atoms with Gasteiger partial charge in [0.15, 0.2) is 0 Å². The molecule has 6 heteroatoms. The van der Waals surface area contributed by atoms with E-state index in [1.54, 1.807) is 4.90 Å². The zero-order chi connectivity index (χ0) is 14.1. The minimum Gasteiger partial charge on any atom is -0.481 e. The Bertz CT molecular complexity index is 395. The lowest BCUT2D eigenvalue weighted by Crippen LogP contribution is -2.47. The standard InChI is InChI=1S/C14H22N2O4/c17-13(18)11-7-9-4-5-12(11)16(9)14(19)15-8-10-3-1-2-6-20-10/h9-12H,1-8H2,(H,15,19)(H,17,18). The summed E-state index contributed by atoms with van der Waals surface area (Å²) >= 11 is 0. The summed E-state index contributed by atoms with van der Waals surface area (Å²) in [5.74, 6) is -1.16. The van der Waals surface area contributed by atoms with Gasteiger partial charge in [-0.3, -0.25) is 4.79 Å². The molecule has 20 heavy (non-hydrogen) atoms. The number of aliphatic carboxylic acids is 1. The minimum absolute atomic E-state index is 0.105. The van der Waals surface area contributed by atoms with Crippen LogP contribution in [-0.4, -0.2) is 53.3 Å². The van der Waals surface area contributed by atoms with E-state index in [2.05, 4.69) is 5.32 Å². The molecule has 0 aromatic heterocycles. The van der Waals surface area contributed by atoms with E-state index in [0.717, 1.165) is 38.7 Å². The Morgan fingerprint density at radius 2 is 2.10 bits per heavy atom. The largest absolute Gasteiger partial charge is 0.481 e. The van der Waals surface area contributed by atoms with Crippen molar-refractivity contribution in [1.82, 2.24) is 10.2 Å². The first-order valence-electron chi connectivity index (χ1n) is 7.57. The van der Waals surface area contributed by atoms with Gasteiger partial charge in [-0.25, -0.2) is 4.79 Å². The zero-order valence-electron chi connectivity index (χ0n) is 11.6. The van der Waals surface area contributed by atoms with Gasteiger partial charge in [0.1, 0.15) is 0 Å². The number of nitrogens with one attached hydrogen (secondary N) is 1. The maximum atomic E-state index is 12.3. The second kappa shape index (κ2) is 5.60. The van der Waals surface area contributed by atoms with Gasteiger partial charge in [0, 0.05) is 25.2 Å². The normalized spacial score (nSPS) is 36.1. The van der Waals surface area contributed by atoms with E-state index in [9.17, 15) is 14.7 Å². The highest BCUT2D eigenvalue weighted by atomic mass is 16.5. The molecular weight excluding hydrogens is 260 g/mol. The Kier molecular flexibility index (Phi) is 3.83. The van der Waals surface area contributed by atoms with Gasteiger partial charge in [-0.05, 0) is 38.5 Å². The summed E-state index contributed by atoms with van der Waals surface area (Å²) < 4.78 is 5.59. The number of nitrogens with zero attached hydrogens (tertiary/aromatic N) is 1. The van der Waals surface area contributed by atoms with Gasteiger partial charge in [-0.2, -0.15) is 0 Å². The van der Waals surface area contributed by atoms with E-state index in [1.165, 1.54) is 0 Å². The van der Waals surface area contributed by atoms with Crippen molar-refractivity contribution in [3.05, 3.63) is 0 Å². The van der Waals surface area contributed by atoms with Gasteiger partial charge in [-0.15, -0.1) is 0 Å². The van der Waals surface area contributed by atoms with Crippen molar-refractivity contribution in [2.24, 2.45) is 5.92 Å². The number of rotatable bonds is 3. The summed E-state index contributed by atoms with van der Waals surface area (Å²) in [6.45, 7) is 1.31. The van der Waals surface area contributed by atoms with Crippen LogP contribution in [0.25, 0.3) is 0 Å². The number of hydrogen-bond donors (Lipinski definition) is 2. The average molecular weight is 282 g/mol. The van der Waals surface area contributed by atoms with Gasteiger partial charge in [0.05, 0.1) is 12.0 Å². The van der Waals surface area contributed by atoms with Gasteiger partial charge in [0.2, 0.25) is 0 Å². The van der Waals surface area contributed by atoms with Crippen LogP contribution in [0.2, 0.25) is 0 Å². The number of carboxylic acid groups (broad SMARTS) is 1. The monoisotopic (exact) mass is 282 g/mol. The van der Waals surface area contributed by atoms with Crippen molar-refractivity contribution in [1.29, 1.82) is 0 Å². The molecule has 2 amide bonds. The maximum Gasteiger partial charge on any atom is 0.318 e. The molecule has 3 heterocycles. The molecule has 6 nitrogen and oxygen atoms in total. The number of amides is 2. The highest BCUT2D eigenvalue weighted by Gasteiger charge is 2.51. The first-order chi connectivity index (χ1) is 9.66. The smallest absolute Gasteiger partial charge is 0.318 e. The van der Waals surface area contributed by atoms with Gasteiger partial charge >= 0.3 is 12.0 Å². The molecule has 0 radical (unpaired) electrons. The van der Waals surface area contributed by atoms with Gasteiger partial charge < -0.3 is 20.1 Å². The first kappa shape index (κ1) is 13.7. The summed E-state index contributed by atoms with van der Waals surface area (Å²) in [6.07, 6.45) is 5.70. The number of urea groups is 1. The molecule has 4 unspecified atom stereocenters. The predicted molar refractivity (Wildman–Crippen MR) is 71.4 cm³/mol. The lowest BCUT2D eigenvalue weighted by molar-refractivity contribution is -0.142. The van der Waals surface area contributed by atoms with Gasteiger partial charge in [-0.1, -0.05) is 0 Å². The topological polar surface area (TPSA) is 78.9 Å². The molecule has 0 aromatic rings. The number of hydrogen-bond acceptors (Lipinski definition) is 3. The van der Waals surface area contributed by atoms with Crippen LogP contribution in [0.15, 0.2) is 0 Å². The molecule has 3 rings (SSSR count). The third-order valence-electron chi connectivity index (χ3n) is 4.84. The van der Waals surface area contributed by atoms with E-state index in [-0.39, 0.29) is 30.1 Å². The molecule has 0 aliphatic carbocycles. The van der Waals surface area contributed by atoms with E-state index in [0.29, 0.717) is 13.0 Å². The highest BCUT2D eigenvalue weighted by molar-refractivity contribution is 5.79. The predicted octanol–water partition coefficient (Wildman–Crippen LogP) is 1.20. The molecule has 0 spiro atoms. The Morgan fingerprint density at radius 3 is 2.75 bits per heavy atom. The van der Waals surface area contributed by atoms with Crippen LogP contribution in [0.3, 0.4) is 0 Å². The lowest BCUT2D eigenvalue weighted by atomic mass is 9.89.